The van der Waals surface area contributed by atoms with Crippen LogP contribution in [0.25, 0.3) is 0 Å². The van der Waals surface area contributed by atoms with Gasteiger partial charge in [0, 0.05) is 32.2 Å². The van der Waals surface area contributed by atoms with E-state index in [4.69, 9.17) is 14.2 Å². The van der Waals surface area contributed by atoms with Gasteiger partial charge in [-0.1, -0.05) is 19.1 Å². The van der Waals surface area contributed by atoms with E-state index in [-0.39, 0.29) is 24.3 Å². The fourth-order valence-corrected chi connectivity index (χ4v) is 4.14. The number of benzene rings is 1. The van der Waals surface area contributed by atoms with Crippen molar-refractivity contribution in [3.05, 3.63) is 24.3 Å². The Morgan fingerprint density at radius 3 is 2.65 bits per heavy atom. The average Bonchev–Trinajstić information content (AvgIpc) is 2.69. The van der Waals surface area contributed by atoms with Crippen molar-refractivity contribution in [1.82, 2.24) is 4.90 Å². The molecule has 0 spiro atoms. The second-order valence-electron chi connectivity index (χ2n) is 7.31. The molecule has 2 aliphatic heterocycles. The van der Waals surface area contributed by atoms with Gasteiger partial charge in [0.2, 0.25) is 0 Å². The van der Waals surface area contributed by atoms with E-state index in [2.05, 4.69) is 0 Å². The van der Waals surface area contributed by atoms with Crippen molar-refractivity contribution in [2.45, 2.75) is 31.8 Å². The number of ether oxygens (including phenoxy) is 3. The molecule has 0 bridgehead atoms. The van der Waals surface area contributed by atoms with Crippen LogP contribution < -0.4 is 9.47 Å². The molecule has 1 N–H and O–H groups in total. The Labute approximate surface area is 155 Å². The highest BCUT2D eigenvalue weighted by Gasteiger charge is 2.46. The number of amides is 1. The summed E-state index contributed by atoms with van der Waals surface area (Å²) in [7, 11) is 1.58. The maximum absolute atomic E-state index is 12.6. The van der Waals surface area contributed by atoms with Crippen molar-refractivity contribution < 1.29 is 24.1 Å². The van der Waals surface area contributed by atoms with E-state index in [0.29, 0.717) is 31.0 Å². The van der Waals surface area contributed by atoms with Crippen molar-refractivity contribution in [2.75, 3.05) is 40.0 Å². The highest BCUT2D eigenvalue weighted by atomic mass is 16.5. The lowest BCUT2D eigenvalue weighted by Gasteiger charge is -2.48. The molecular formula is C20H29NO5. The Morgan fingerprint density at radius 2 is 2.00 bits per heavy atom. The summed E-state index contributed by atoms with van der Waals surface area (Å²) in [5, 5.41) is 11.2. The molecule has 2 aliphatic rings. The minimum absolute atomic E-state index is 0.0250. The maximum atomic E-state index is 12.6. The van der Waals surface area contributed by atoms with E-state index >= 15 is 0 Å². The normalized spacial score (nSPS) is 27.2. The zero-order valence-electron chi connectivity index (χ0n) is 15.6. The standard InChI is InChI=1S/C20H29NO5/c1-15-13-21(10-9-20(15,23)16-7-11-25-12-8-16)19(22)14-26-18-6-4-3-5-17(18)24-2/h3-6,15-16,23H,7-14H2,1-2H3. The largest absolute Gasteiger partial charge is 0.493 e. The van der Waals surface area contributed by atoms with Crippen LogP contribution >= 0.6 is 0 Å². The maximum Gasteiger partial charge on any atom is 0.260 e. The monoisotopic (exact) mass is 363 g/mol. The lowest BCUT2D eigenvalue weighted by atomic mass is 9.70. The van der Waals surface area contributed by atoms with Crippen molar-refractivity contribution in [1.29, 1.82) is 0 Å². The molecule has 2 unspecified atom stereocenters. The Hall–Kier alpha value is -1.79. The first-order chi connectivity index (χ1) is 12.5. The molecule has 144 valence electrons. The predicted molar refractivity (Wildman–Crippen MR) is 97.3 cm³/mol. The molecule has 0 radical (unpaired) electrons. The molecule has 1 amide bonds. The third-order valence-electron chi connectivity index (χ3n) is 5.83. The molecule has 26 heavy (non-hydrogen) atoms. The second kappa shape index (κ2) is 8.27. The number of rotatable bonds is 5. The number of piperidine rings is 1. The molecule has 1 aromatic rings. The second-order valence-corrected chi connectivity index (χ2v) is 7.31. The third kappa shape index (κ3) is 3.96. The van der Waals surface area contributed by atoms with Crippen molar-refractivity contribution in [3.8, 4) is 11.5 Å². The van der Waals surface area contributed by atoms with Gasteiger partial charge in [0.25, 0.3) is 5.91 Å². The number of hydrogen-bond donors (Lipinski definition) is 1. The van der Waals surface area contributed by atoms with Crippen LogP contribution in [-0.2, 0) is 9.53 Å². The van der Waals surface area contributed by atoms with E-state index < -0.39 is 5.60 Å². The molecule has 2 fully saturated rings. The first-order valence-electron chi connectivity index (χ1n) is 9.38. The van der Waals surface area contributed by atoms with E-state index in [9.17, 15) is 9.90 Å². The minimum atomic E-state index is -0.704. The van der Waals surface area contributed by atoms with E-state index in [1.54, 1.807) is 24.1 Å². The minimum Gasteiger partial charge on any atom is -0.493 e. The Morgan fingerprint density at radius 1 is 1.31 bits per heavy atom. The van der Waals surface area contributed by atoms with Crippen molar-refractivity contribution in [2.24, 2.45) is 11.8 Å². The summed E-state index contributed by atoms with van der Waals surface area (Å²) in [6, 6.07) is 7.29. The first kappa shape index (κ1) is 19.0. The summed E-state index contributed by atoms with van der Waals surface area (Å²) in [4.78, 5) is 14.4. The van der Waals surface area contributed by atoms with Gasteiger partial charge >= 0.3 is 0 Å². The number of carbonyl (C=O) groups is 1. The van der Waals surface area contributed by atoms with Crippen LogP contribution in [0, 0.1) is 11.8 Å². The zero-order chi connectivity index (χ0) is 18.6. The summed E-state index contributed by atoms with van der Waals surface area (Å²) >= 11 is 0. The van der Waals surface area contributed by atoms with Crippen LogP contribution in [0.3, 0.4) is 0 Å². The predicted octanol–water partition coefficient (Wildman–Crippen LogP) is 2.10. The van der Waals surface area contributed by atoms with Crippen LogP contribution in [-0.4, -0.2) is 61.5 Å². The van der Waals surface area contributed by atoms with Crippen LogP contribution in [0.1, 0.15) is 26.2 Å². The summed E-state index contributed by atoms with van der Waals surface area (Å²) in [6.45, 7) is 4.57. The van der Waals surface area contributed by atoms with Crippen LogP contribution in [0.15, 0.2) is 24.3 Å². The molecular weight excluding hydrogens is 334 g/mol. The van der Waals surface area contributed by atoms with E-state index in [0.717, 1.165) is 26.1 Å². The fraction of sp³-hybridized carbons (Fsp3) is 0.650. The quantitative estimate of drug-likeness (QED) is 0.868. The molecule has 1 aromatic carbocycles. The zero-order valence-corrected chi connectivity index (χ0v) is 15.6. The van der Waals surface area contributed by atoms with Gasteiger partial charge in [-0.15, -0.1) is 0 Å². The molecule has 0 aliphatic carbocycles. The summed E-state index contributed by atoms with van der Waals surface area (Å²) in [5.74, 6) is 1.41. The lowest BCUT2D eigenvalue weighted by Crippen LogP contribution is -2.57. The topological polar surface area (TPSA) is 68.2 Å². The van der Waals surface area contributed by atoms with Gasteiger partial charge in [0.15, 0.2) is 18.1 Å². The molecule has 0 saturated carbocycles. The number of hydrogen-bond acceptors (Lipinski definition) is 5. The van der Waals surface area contributed by atoms with Crippen molar-refractivity contribution >= 4 is 5.91 Å². The Bertz CT molecular complexity index is 616. The molecule has 0 aromatic heterocycles. The number of nitrogens with zero attached hydrogens (tertiary/aromatic N) is 1. The smallest absolute Gasteiger partial charge is 0.260 e. The van der Waals surface area contributed by atoms with Gasteiger partial charge in [0.05, 0.1) is 12.7 Å². The highest BCUT2D eigenvalue weighted by molar-refractivity contribution is 5.78. The molecule has 6 heteroatoms. The number of carbonyl (C=O) groups excluding carboxylic acids is 1. The van der Waals surface area contributed by atoms with Gasteiger partial charge in [-0.3, -0.25) is 4.79 Å². The molecule has 6 nitrogen and oxygen atoms in total. The summed E-state index contributed by atoms with van der Waals surface area (Å²) in [5.41, 5.74) is -0.704. The lowest BCUT2D eigenvalue weighted by molar-refractivity contribution is -0.152. The average molecular weight is 363 g/mol. The SMILES string of the molecule is COc1ccccc1OCC(=O)N1CCC(O)(C2CCOCC2)C(C)C1. The molecule has 3 rings (SSSR count). The number of methoxy groups -OCH3 is 1. The van der Waals surface area contributed by atoms with Gasteiger partial charge in [0.1, 0.15) is 0 Å². The van der Waals surface area contributed by atoms with Crippen LogP contribution in [0.4, 0.5) is 0 Å². The highest BCUT2D eigenvalue weighted by Crippen LogP contribution is 2.39. The Kier molecular flexibility index (Phi) is 6.04. The van der Waals surface area contributed by atoms with E-state index in [1.807, 2.05) is 19.1 Å². The van der Waals surface area contributed by atoms with Gasteiger partial charge in [-0.25, -0.2) is 0 Å². The van der Waals surface area contributed by atoms with Crippen LogP contribution in [0.2, 0.25) is 0 Å². The van der Waals surface area contributed by atoms with E-state index in [1.165, 1.54) is 0 Å². The fourth-order valence-electron chi connectivity index (χ4n) is 4.14. The van der Waals surface area contributed by atoms with Gasteiger partial charge < -0.3 is 24.2 Å². The van der Waals surface area contributed by atoms with Crippen LogP contribution in [0.5, 0.6) is 11.5 Å². The number of para-hydroxylation sites is 2. The first-order valence-corrected chi connectivity index (χ1v) is 9.38. The molecule has 2 saturated heterocycles. The summed E-state index contributed by atoms with van der Waals surface area (Å²) in [6.07, 6.45) is 2.40. The van der Waals surface area contributed by atoms with Gasteiger partial charge in [-0.05, 0) is 37.3 Å². The van der Waals surface area contributed by atoms with Crippen molar-refractivity contribution in [3.63, 3.8) is 0 Å². The summed E-state index contributed by atoms with van der Waals surface area (Å²) < 4.78 is 16.3. The molecule has 2 atom stereocenters. The number of likely N-dealkylation sites (tertiary alicyclic amines) is 1. The van der Waals surface area contributed by atoms with Gasteiger partial charge in [-0.2, -0.15) is 0 Å². The number of aliphatic hydroxyl groups is 1. The third-order valence-corrected chi connectivity index (χ3v) is 5.83. The Balaban J connectivity index is 1.55. The molecule has 2 heterocycles.